The van der Waals surface area contributed by atoms with E-state index in [0.29, 0.717) is 0 Å². The number of fused-ring (bicyclic) bond motifs is 1. The van der Waals surface area contributed by atoms with Gasteiger partial charge in [-0.1, -0.05) is 36.4 Å². The van der Waals surface area contributed by atoms with Crippen molar-refractivity contribution in [3.8, 4) is 0 Å². The molecule has 1 aromatic carbocycles. The van der Waals surface area contributed by atoms with Gasteiger partial charge in [-0.15, -0.1) is 0 Å². The Morgan fingerprint density at radius 3 is 1.25 bits per heavy atom. The summed E-state index contributed by atoms with van der Waals surface area (Å²) in [7, 11) is 0. The second-order valence-electron chi connectivity index (χ2n) is 3.63. The van der Waals surface area contributed by atoms with Crippen molar-refractivity contribution in [2.45, 2.75) is 0 Å². The van der Waals surface area contributed by atoms with E-state index >= 15 is 0 Å². The van der Waals surface area contributed by atoms with E-state index < -0.39 is 0 Å². The van der Waals surface area contributed by atoms with Crippen LogP contribution in [0.1, 0.15) is 0 Å². The highest BCUT2D eigenvalue weighted by atomic mass is 32.1. The van der Waals surface area contributed by atoms with Crippen LogP contribution in [0.15, 0.2) is 82.4 Å². The molecule has 20 heavy (non-hydrogen) atoms. The first kappa shape index (κ1) is 14.4. The van der Waals surface area contributed by atoms with Gasteiger partial charge in [-0.05, 0) is 33.7 Å². The van der Waals surface area contributed by atoms with Gasteiger partial charge in [-0.3, -0.25) is 9.97 Å². The zero-order valence-electron chi connectivity index (χ0n) is 10.8. The van der Waals surface area contributed by atoms with Gasteiger partial charge in [0.1, 0.15) is 0 Å². The van der Waals surface area contributed by atoms with Gasteiger partial charge < -0.3 is 0 Å². The van der Waals surface area contributed by atoms with Gasteiger partial charge in [0, 0.05) is 12.4 Å². The predicted octanol–water partition coefficient (Wildman–Crippen LogP) is 5.13. The number of hydrogen-bond donors (Lipinski definition) is 0. The summed E-state index contributed by atoms with van der Waals surface area (Å²) in [6.07, 6.45) is 3.39. The van der Waals surface area contributed by atoms with E-state index in [-0.39, 0.29) is 0 Å². The second-order valence-corrected chi connectivity index (χ2v) is 5.26. The summed E-state index contributed by atoms with van der Waals surface area (Å²) < 4.78 is 0. The van der Waals surface area contributed by atoms with Crippen molar-refractivity contribution in [1.82, 2.24) is 9.97 Å². The van der Waals surface area contributed by atoms with Crippen molar-refractivity contribution < 1.29 is 0 Å². The molecular formula is C16H14N2S2. The molecule has 3 heterocycles. The minimum absolute atomic E-state index is 0.949. The van der Waals surface area contributed by atoms with Crippen molar-refractivity contribution in [3.63, 3.8) is 0 Å². The summed E-state index contributed by atoms with van der Waals surface area (Å²) in [5.74, 6) is 0. The van der Waals surface area contributed by atoms with E-state index in [2.05, 4.69) is 9.97 Å². The van der Waals surface area contributed by atoms with E-state index in [4.69, 9.17) is 0 Å². The van der Waals surface area contributed by atoms with E-state index in [1.54, 1.807) is 35.1 Å². The molecule has 4 aromatic rings. The first-order chi connectivity index (χ1) is 9.97. The molecule has 4 rings (SSSR count). The maximum atomic E-state index is 4.12. The zero-order valence-corrected chi connectivity index (χ0v) is 12.4. The lowest BCUT2D eigenvalue weighted by molar-refractivity contribution is 1.29. The van der Waals surface area contributed by atoms with Crippen molar-refractivity contribution in [1.29, 1.82) is 0 Å². The average molecular weight is 298 g/mol. The smallest absolute Gasteiger partial charge is 0.0886 e. The molecule has 0 N–H and O–H groups in total. The third kappa shape index (κ3) is 5.30. The summed E-state index contributed by atoms with van der Waals surface area (Å²) >= 11 is 3.43. The summed E-state index contributed by atoms with van der Waals surface area (Å²) in [4.78, 5) is 8.24. The molecule has 2 nitrogen and oxygen atoms in total. The van der Waals surface area contributed by atoms with Crippen LogP contribution >= 0.6 is 22.7 Å². The standard InChI is InChI=1S/C8H6N2.2C4H4S/c1-2-4-8-7(3-1)9-5-6-10-8;2*1-2-4-5-3-1/h1-6H;2*1-4H. The maximum Gasteiger partial charge on any atom is 0.0886 e. The molecule has 0 radical (unpaired) electrons. The molecule has 0 aliphatic heterocycles. The van der Waals surface area contributed by atoms with Crippen LogP contribution in [-0.2, 0) is 0 Å². The fourth-order valence-electron chi connectivity index (χ4n) is 1.36. The van der Waals surface area contributed by atoms with Crippen LogP contribution in [0.25, 0.3) is 11.0 Å². The molecule has 0 aliphatic rings. The van der Waals surface area contributed by atoms with Crippen LogP contribution < -0.4 is 0 Å². The Morgan fingerprint density at radius 1 is 0.550 bits per heavy atom. The monoisotopic (exact) mass is 298 g/mol. The zero-order chi connectivity index (χ0) is 13.9. The van der Waals surface area contributed by atoms with E-state index in [9.17, 15) is 0 Å². The fourth-order valence-corrected chi connectivity index (χ4v) is 2.27. The van der Waals surface area contributed by atoms with Gasteiger partial charge in [0.15, 0.2) is 0 Å². The molecule has 0 unspecified atom stereocenters. The summed E-state index contributed by atoms with van der Waals surface area (Å²) in [5.41, 5.74) is 1.90. The third-order valence-electron chi connectivity index (χ3n) is 2.23. The molecule has 0 spiro atoms. The van der Waals surface area contributed by atoms with Crippen LogP contribution in [0.4, 0.5) is 0 Å². The molecule has 0 fully saturated rings. The lowest BCUT2D eigenvalue weighted by Crippen LogP contribution is -1.78. The SMILES string of the molecule is c1ccc2nccnc2c1.c1ccsc1.c1ccsc1. The predicted molar refractivity (Wildman–Crippen MR) is 88.2 cm³/mol. The number of nitrogens with zero attached hydrogens (tertiary/aromatic N) is 2. The molecular weight excluding hydrogens is 284 g/mol. The van der Waals surface area contributed by atoms with Crippen molar-refractivity contribution >= 4 is 33.7 Å². The summed E-state index contributed by atoms with van der Waals surface area (Å²) in [6, 6.07) is 15.9. The Bertz CT molecular complexity index is 550. The minimum Gasteiger partial charge on any atom is -0.253 e. The first-order valence-electron chi connectivity index (χ1n) is 6.07. The number of hydrogen-bond acceptors (Lipinski definition) is 4. The van der Waals surface area contributed by atoms with Gasteiger partial charge in [0.25, 0.3) is 0 Å². The van der Waals surface area contributed by atoms with Gasteiger partial charge in [-0.25, -0.2) is 0 Å². The second kappa shape index (κ2) is 8.96. The Labute approximate surface area is 126 Å². The number of thiophene rings is 2. The normalized spacial score (nSPS) is 9.00. The largest absolute Gasteiger partial charge is 0.253 e. The van der Waals surface area contributed by atoms with Crippen LogP contribution in [0.2, 0.25) is 0 Å². The van der Waals surface area contributed by atoms with Gasteiger partial charge in [0.05, 0.1) is 11.0 Å². The number of para-hydroxylation sites is 2. The van der Waals surface area contributed by atoms with Crippen LogP contribution in [0.5, 0.6) is 0 Å². The highest BCUT2D eigenvalue weighted by Gasteiger charge is 1.88. The lowest BCUT2D eigenvalue weighted by atomic mass is 10.3. The van der Waals surface area contributed by atoms with Crippen molar-refractivity contribution in [3.05, 3.63) is 82.4 Å². The van der Waals surface area contributed by atoms with E-state index in [1.807, 2.05) is 70.1 Å². The van der Waals surface area contributed by atoms with Crippen LogP contribution in [0.3, 0.4) is 0 Å². The molecule has 0 amide bonds. The number of rotatable bonds is 0. The molecule has 0 saturated carbocycles. The third-order valence-corrected chi connectivity index (χ3v) is 3.48. The van der Waals surface area contributed by atoms with Crippen LogP contribution in [0, 0.1) is 0 Å². The molecule has 0 bridgehead atoms. The Hall–Kier alpha value is -2.04. The topological polar surface area (TPSA) is 25.8 Å². The Kier molecular flexibility index (Phi) is 6.44. The van der Waals surface area contributed by atoms with E-state index in [1.165, 1.54) is 0 Å². The molecule has 0 atom stereocenters. The summed E-state index contributed by atoms with van der Waals surface area (Å²) in [5, 5.41) is 8.17. The van der Waals surface area contributed by atoms with Gasteiger partial charge in [0.2, 0.25) is 0 Å². The molecule has 100 valence electrons. The van der Waals surface area contributed by atoms with Gasteiger partial charge >= 0.3 is 0 Å². The lowest BCUT2D eigenvalue weighted by Gasteiger charge is -1.90. The molecule has 3 aromatic heterocycles. The average Bonchev–Trinajstić information content (AvgIpc) is 3.25. The molecule has 4 heteroatoms. The minimum atomic E-state index is 0.949. The van der Waals surface area contributed by atoms with Gasteiger partial charge in [-0.2, -0.15) is 22.7 Å². The van der Waals surface area contributed by atoms with Crippen molar-refractivity contribution in [2.24, 2.45) is 0 Å². The fraction of sp³-hybridized carbons (Fsp3) is 0. The van der Waals surface area contributed by atoms with Crippen molar-refractivity contribution in [2.75, 3.05) is 0 Å². The van der Waals surface area contributed by atoms with E-state index in [0.717, 1.165) is 11.0 Å². The summed E-state index contributed by atoms with van der Waals surface area (Å²) in [6.45, 7) is 0. The Morgan fingerprint density at radius 2 is 0.950 bits per heavy atom. The number of benzene rings is 1. The highest BCUT2D eigenvalue weighted by Crippen LogP contribution is 2.04. The van der Waals surface area contributed by atoms with Crippen LogP contribution in [-0.4, -0.2) is 9.97 Å². The molecule has 0 saturated heterocycles. The highest BCUT2D eigenvalue weighted by molar-refractivity contribution is 7.08. The molecule has 0 aliphatic carbocycles. The maximum absolute atomic E-state index is 4.12. The Balaban J connectivity index is 0.000000124. The quantitative estimate of drug-likeness (QED) is 0.450. The number of aromatic nitrogens is 2. The first-order valence-corrected chi connectivity index (χ1v) is 7.95.